The number of furan rings is 1. The van der Waals surface area contributed by atoms with Gasteiger partial charge in [-0.25, -0.2) is 4.79 Å². The van der Waals surface area contributed by atoms with Crippen LogP contribution in [0.5, 0.6) is 5.88 Å². The molecule has 0 saturated heterocycles. The molecule has 2 heterocycles. The van der Waals surface area contributed by atoms with Crippen LogP contribution in [-0.2, 0) is 13.1 Å². The summed E-state index contributed by atoms with van der Waals surface area (Å²) in [7, 11) is 0. The van der Waals surface area contributed by atoms with Gasteiger partial charge in [0.2, 0.25) is 5.88 Å². The first kappa shape index (κ1) is 23.1. The summed E-state index contributed by atoms with van der Waals surface area (Å²) in [5.41, 5.74) is 8.09. The van der Waals surface area contributed by atoms with Gasteiger partial charge in [-0.1, -0.05) is 65.8 Å². The molecule has 1 amide bonds. The molecule has 6 nitrogen and oxygen atoms in total. The molecular formula is C27H22ClN3O3S. The van der Waals surface area contributed by atoms with Gasteiger partial charge in [0.25, 0.3) is 0 Å². The van der Waals surface area contributed by atoms with Crippen LogP contribution < -0.4 is 15.8 Å². The molecule has 0 fully saturated rings. The highest BCUT2D eigenvalue weighted by Gasteiger charge is 2.17. The van der Waals surface area contributed by atoms with Crippen molar-refractivity contribution in [1.29, 1.82) is 0 Å². The minimum atomic E-state index is -0.858. The SMILES string of the molecule is NC(=O)Oc1[nH]c2cc(CNCc3ccc(-c4ccccc4Cl)o3)ccc2c1Sc1ccccc1. The van der Waals surface area contributed by atoms with Crippen molar-refractivity contribution in [3.8, 4) is 17.2 Å². The van der Waals surface area contributed by atoms with Crippen LogP contribution in [0.4, 0.5) is 4.79 Å². The number of halogens is 1. The number of carbonyl (C=O) groups excluding carboxylic acids is 1. The fraction of sp³-hybridized carbons (Fsp3) is 0.0741. The number of fused-ring (bicyclic) bond motifs is 1. The zero-order valence-electron chi connectivity index (χ0n) is 18.6. The number of carbonyl (C=O) groups is 1. The maximum Gasteiger partial charge on any atom is 0.411 e. The molecule has 4 N–H and O–H groups in total. The lowest BCUT2D eigenvalue weighted by Crippen LogP contribution is -2.16. The molecule has 0 aliphatic heterocycles. The molecular weight excluding hydrogens is 482 g/mol. The largest absolute Gasteiger partial charge is 0.460 e. The topological polar surface area (TPSA) is 93.3 Å². The summed E-state index contributed by atoms with van der Waals surface area (Å²) in [6.45, 7) is 1.20. The summed E-state index contributed by atoms with van der Waals surface area (Å²) in [4.78, 5) is 16.5. The van der Waals surface area contributed by atoms with E-state index in [9.17, 15) is 4.79 Å². The lowest BCUT2D eigenvalue weighted by Gasteiger charge is -2.05. The first-order valence-electron chi connectivity index (χ1n) is 11.0. The summed E-state index contributed by atoms with van der Waals surface area (Å²) in [6, 6.07) is 27.5. The summed E-state index contributed by atoms with van der Waals surface area (Å²) < 4.78 is 11.2. The van der Waals surface area contributed by atoms with Crippen LogP contribution in [0.25, 0.3) is 22.2 Å². The molecule has 176 valence electrons. The second kappa shape index (κ2) is 10.3. The average molecular weight is 504 g/mol. The van der Waals surface area contributed by atoms with E-state index in [1.807, 2.05) is 84.9 Å². The van der Waals surface area contributed by atoms with Crippen LogP contribution in [0.2, 0.25) is 5.02 Å². The third-order valence-corrected chi connectivity index (χ3v) is 6.83. The van der Waals surface area contributed by atoms with Gasteiger partial charge in [0.1, 0.15) is 11.5 Å². The molecule has 0 aliphatic rings. The molecule has 0 aliphatic carbocycles. The van der Waals surface area contributed by atoms with Crippen molar-refractivity contribution in [1.82, 2.24) is 10.3 Å². The number of amides is 1. The summed E-state index contributed by atoms with van der Waals surface area (Å²) in [6.07, 6.45) is -0.858. The van der Waals surface area contributed by atoms with Crippen molar-refractivity contribution in [2.75, 3.05) is 0 Å². The van der Waals surface area contributed by atoms with Gasteiger partial charge < -0.3 is 25.2 Å². The van der Waals surface area contributed by atoms with Crippen molar-refractivity contribution in [2.24, 2.45) is 5.73 Å². The number of nitrogens with one attached hydrogen (secondary N) is 2. The maximum absolute atomic E-state index is 11.4. The minimum Gasteiger partial charge on any atom is -0.460 e. The Kier molecular flexibility index (Phi) is 6.81. The molecule has 0 radical (unpaired) electrons. The number of hydrogen-bond acceptors (Lipinski definition) is 5. The van der Waals surface area contributed by atoms with Crippen LogP contribution in [-0.4, -0.2) is 11.1 Å². The number of aromatic nitrogens is 1. The highest BCUT2D eigenvalue weighted by molar-refractivity contribution is 7.99. The van der Waals surface area contributed by atoms with Crippen molar-refractivity contribution in [3.05, 3.63) is 101 Å². The zero-order valence-corrected chi connectivity index (χ0v) is 20.2. The lowest BCUT2D eigenvalue weighted by atomic mass is 10.1. The first-order chi connectivity index (χ1) is 17.1. The number of nitrogens with two attached hydrogens (primary N) is 1. The van der Waals surface area contributed by atoms with E-state index in [2.05, 4.69) is 10.3 Å². The molecule has 0 atom stereocenters. The number of primary amides is 1. The van der Waals surface area contributed by atoms with Crippen molar-refractivity contribution < 1.29 is 13.9 Å². The molecule has 0 unspecified atom stereocenters. The lowest BCUT2D eigenvalue weighted by molar-refractivity contribution is 0.208. The zero-order chi connectivity index (χ0) is 24.2. The number of ether oxygens (including phenoxy) is 1. The van der Waals surface area contributed by atoms with E-state index < -0.39 is 6.09 Å². The van der Waals surface area contributed by atoms with Crippen molar-refractivity contribution in [3.63, 3.8) is 0 Å². The van der Waals surface area contributed by atoms with Gasteiger partial charge in [0.15, 0.2) is 0 Å². The van der Waals surface area contributed by atoms with Gasteiger partial charge in [-0.15, -0.1) is 0 Å². The van der Waals surface area contributed by atoms with Gasteiger partial charge in [0, 0.05) is 27.9 Å². The molecule has 0 saturated carbocycles. The Labute approximate surface area is 211 Å². The van der Waals surface area contributed by atoms with Gasteiger partial charge in [-0.05, 0) is 48.0 Å². The predicted octanol–water partition coefficient (Wildman–Crippen LogP) is 6.98. The Morgan fingerprint density at radius 2 is 1.80 bits per heavy atom. The third kappa shape index (κ3) is 5.38. The van der Waals surface area contributed by atoms with Gasteiger partial charge in [-0.2, -0.15) is 0 Å². The number of benzene rings is 3. The Hall–Kier alpha value is -3.65. The molecule has 5 rings (SSSR count). The standard InChI is InChI=1S/C27H22ClN3O3S/c28-22-9-5-4-8-20(22)24-13-11-18(33-24)16-30-15-17-10-12-21-23(14-17)31-26(34-27(29)32)25(21)35-19-6-2-1-3-7-19/h1-14,30-31H,15-16H2,(H2,29,32). The second-order valence-corrected chi connectivity index (χ2v) is 9.34. The normalized spacial score (nSPS) is 11.1. The quantitative estimate of drug-likeness (QED) is 0.212. The fourth-order valence-corrected chi connectivity index (χ4v) is 5.02. The van der Waals surface area contributed by atoms with Gasteiger partial charge in [0.05, 0.1) is 16.5 Å². The number of aromatic amines is 1. The van der Waals surface area contributed by atoms with Crippen LogP contribution in [0.1, 0.15) is 11.3 Å². The Balaban J connectivity index is 1.30. The molecule has 2 aromatic heterocycles. The van der Waals surface area contributed by atoms with Crippen LogP contribution in [0, 0.1) is 0 Å². The van der Waals surface area contributed by atoms with E-state index in [0.29, 0.717) is 24.0 Å². The van der Waals surface area contributed by atoms with E-state index >= 15 is 0 Å². The number of hydrogen-bond donors (Lipinski definition) is 3. The monoisotopic (exact) mass is 503 g/mol. The minimum absolute atomic E-state index is 0.342. The van der Waals surface area contributed by atoms with Gasteiger partial charge in [-0.3, -0.25) is 0 Å². The smallest absolute Gasteiger partial charge is 0.411 e. The molecule has 35 heavy (non-hydrogen) atoms. The molecule has 0 bridgehead atoms. The highest BCUT2D eigenvalue weighted by atomic mass is 35.5. The number of rotatable bonds is 8. The van der Waals surface area contributed by atoms with Crippen molar-refractivity contribution in [2.45, 2.75) is 22.9 Å². The molecule has 5 aromatic rings. The Bertz CT molecular complexity index is 1480. The third-order valence-electron chi connectivity index (χ3n) is 5.38. The fourth-order valence-electron chi connectivity index (χ4n) is 3.79. The molecule has 3 aromatic carbocycles. The Morgan fingerprint density at radius 3 is 2.60 bits per heavy atom. The van der Waals surface area contributed by atoms with Crippen LogP contribution >= 0.6 is 23.4 Å². The van der Waals surface area contributed by atoms with E-state index in [1.54, 1.807) is 0 Å². The number of H-pyrrole nitrogens is 1. The predicted molar refractivity (Wildman–Crippen MR) is 139 cm³/mol. The van der Waals surface area contributed by atoms with E-state index in [0.717, 1.165) is 43.3 Å². The second-order valence-electron chi connectivity index (χ2n) is 7.85. The van der Waals surface area contributed by atoms with E-state index in [-0.39, 0.29) is 0 Å². The van der Waals surface area contributed by atoms with Crippen molar-refractivity contribution >= 4 is 40.4 Å². The Morgan fingerprint density at radius 1 is 1.00 bits per heavy atom. The highest BCUT2D eigenvalue weighted by Crippen LogP contribution is 2.41. The van der Waals surface area contributed by atoms with Crippen LogP contribution in [0.15, 0.2) is 99.1 Å². The van der Waals surface area contributed by atoms with Gasteiger partial charge >= 0.3 is 6.09 Å². The molecule has 0 spiro atoms. The summed E-state index contributed by atoms with van der Waals surface area (Å²) >= 11 is 7.78. The maximum atomic E-state index is 11.4. The summed E-state index contributed by atoms with van der Waals surface area (Å²) in [5.74, 6) is 1.90. The molecule has 8 heteroatoms. The van der Waals surface area contributed by atoms with Crippen LogP contribution in [0.3, 0.4) is 0 Å². The van der Waals surface area contributed by atoms with E-state index in [1.165, 1.54) is 11.8 Å². The van der Waals surface area contributed by atoms with E-state index in [4.69, 9.17) is 26.5 Å². The first-order valence-corrected chi connectivity index (χ1v) is 12.2. The average Bonchev–Trinajstić information content (AvgIpc) is 3.44. The summed E-state index contributed by atoms with van der Waals surface area (Å²) in [5, 5.41) is 5.01.